The summed E-state index contributed by atoms with van der Waals surface area (Å²) in [5.41, 5.74) is 12.4. The Bertz CT molecular complexity index is 141. The highest BCUT2D eigenvalue weighted by atomic mass is 14.9. The smallest absolute Gasteiger partial charge is 0.0333 e. The topological polar surface area (TPSA) is 52.0 Å². The molecule has 80 valence electrons. The third kappa shape index (κ3) is 2.44. The fourth-order valence-corrected chi connectivity index (χ4v) is 2.18. The van der Waals surface area contributed by atoms with E-state index in [4.69, 9.17) is 11.5 Å². The lowest BCUT2D eigenvalue weighted by Gasteiger charge is -2.45. The molecule has 2 nitrogen and oxygen atoms in total. The third-order valence-corrected chi connectivity index (χ3v) is 3.58. The number of hydrogen-bond acceptors (Lipinski definition) is 2. The van der Waals surface area contributed by atoms with Crippen molar-refractivity contribution in [1.29, 1.82) is 0 Å². The van der Waals surface area contributed by atoms with E-state index in [1.807, 2.05) is 0 Å². The molecular formula is C11H26N2. The molecule has 0 aliphatic carbocycles. The summed E-state index contributed by atoms with van der Waals surface area (Å²) in [6, 6.07) is 0. The maximum atomic E-state index is 6.38. The summed E-state index contributed by atoms with van der Waals surface area (Å²) in [4.78, 5) is 0. The molecule has 1 unspecified atom stereocenters. The van der Waals surface area contributed by atoms with E-state index in [0.717, 1.165) is 32.1 Å². The molecule has 4 N–H and O–H groups in total. The van der Waals surface area contributed by atoms with E-state index in [9.17, 15) is 0 Å². The largest absolute Gasteiger partial charge is 0.324 e. The summed E-state index contributed by atoms with van der Waals surface area (Å²) >= 11 is 0. The van der Waals surface area contributed by atoms with E-state index < -0.39 is 0 Å². The molecule has 0 spiro atoms. The minimum Gasteiger partial charge on any atom is -0.324 e. The van der Waals surface area contributed by atoms with Gasteiger partial charge in [0.05, 0.1) is 0 Å². The SMILES string of the molecule is CCCC(N)(CC)C(N)(CC)CC. The molecule has 0 heterocycles. The van der Waals surface area contributed by atoms with E-state index >= 15 is 0 Å². The first kappa shape index (κ1) is 12.9. The van der Waals surface area contributed by atoms with Gasteiger partial charge < -0.3 is 11.5 Å². The maximum Gasteiger partial charge on any atom is 0.0333 e. The molecule has 0 radical (unpaired) electrons. The lowest BCUT2D eigenvalue weighted by atomic mass is 9.70. The zero-order valence-corrected chi connectivity index (χ0v) is 9.69. The molecule has 0 rings (SSSR count). The van der Waals surface area contributed by atoms with Crippen LogP contribution in [0, 0.1) is 0 Å². The summed E-state index contributed by atoms with van der Waals surface area (Å²) in [5, 5.41) is 0. The molecule has 0 bridgehead atoms. The molecule has 0 fully saturated rings. The van der Waals surface area contributed by atoms with Crippen LogP contribution >= 0.6 is 0 Å². The van der Waals surface area contributed by atoms with Crippen LogP contribution in [0.4, 0.5) is 0 Å². The van der Waals surface area contributed by atoms with Crippen LogP contribution in [-0.4, -0.2) is 11.1 Å². The minimum atomic E-state index is -0.183. The molecule has 13 heavy (non-hydrogen) atoms. The highest BCUT2D eigenvalue weighted by molar-refractivity contribution is 5.04. The Balaban J connectivity index is 4.68. The van der Waals surface area contributed by atoms with Crippen molar-refractivity contribution >= 4 is 0 Å². The first-order chi connectivity index (χ1) is 5.99. The van der Waals surface area contributed by atoms with Crippen molar-refractivity contribution in [3.8, 4) is 0 Å². The lowest BCUT2D eigenvalue weighted by molar-refractivity contribution is 0.181. The first-order valence-corrected chi connectivity index (χ1v) is 5.57. The Kier molecular flexibility index (Phi) is 4.93. The van der Waals surface area contributed by atoms with Gasteiger partial charge in [0.1, 0.15) is 0 Å². The van der Waals surface area contributed by atoms with Crippen molar-refractivity contribution in [2.45, 2.75) is 70.9 Å². The third-order valence-electron chi connectivity index (χ3n) is 3.58. The van der Waals surface area contributed by atoms with Crippen LogP contribution in [0.3, 0.4) is 0 Å². The van der Waals surface area contributed by atoms with Gasteiger partial charge in [0, 0.05) is 11.1 Å². The minimum absolute atomic E-state index is 0.175. The van der Waals surface area contributed by atoms with Gasteiger partial charge >= 0.3 is 0 Å². The van der Waals surface area contributed by atoms with Gasteiger partial charge in [-0.15, -0.1) is 0 Å². The fraction of sp³-hybridized carbons (Fsp3) is 1.00. The van der Waals surface area contributed by atoms with Crippen molar-refractivity contribution < 1.29 is 0 Å². The van der Waals surface area contributed by atoms with E-state index in [1.54, 1.807) is 0 Å². The second-order valence-corrected chi connectivity index (χ2v) is 4.12. The fourth-order valence-electron chi connectivity index (χ4n) is 2.18. The predicted molar refractivity (Wildman–Crippen MR) is 59.6 cm³/mol. The van der Waals surface area contributed by atoms with Crippen LogP contribution in [0.5, 0.6) is 0 Å². The summed E-state index contributed by atoms with van der Waals surface area (Å²) in [7, 11) is 0. The average molecular weight is 186 g/mol. The summed E-state index contributed by atoms with van der Waals surface area (Å²) < 4.78 is 0. The highest BCUT2D eigenvalue weighted by Gasteiger charge is 2.40. The zero-order valence-electron chi connectivity index (χ0n) is 9.69. The predicted octanol–water partition coefficient (Wildman–Crippen LogP) is 2.41. The van der Waals surface area contributed by atoms with E-state index in [0.29, 0.717) is 0 Å². The molecule has 0 saturated carbocycles. The zero-order chi connectivity index (χ0) is 10.5. The normalized spacial score (nSPS) is 17.1. The second kappa shape index (κ2) is 4.97. The van der Waals surface area contributed by atoms with Gasteiger partial charge in [0.25, 0.3) is 0 Å². The standard InChI is InChI=1S/C11H26N2/c1-5-9-11(13,8-4)10(12,6-2)7-3/h5-9,12-13H2,1-4H3. The van der Waals surface area contributed by atoms with Crippen molar-refractivity contribution in [3.05, 3.63) is 0 Å². The molecule has 0 aliphatic heterocycles. The Morgan fingerprint density at radius 2 is 1.15 bits per heavy atom. The summed E-state index contributed by atoms with van der Waals surface area (Å²) in [6.45, 7) is 8.58. The molecule has 0 aromatic carbocycles. The first-order valence-electron chi connectivity index (χ1n) is 5.57. The van der Waals surface area contributed by atoms with Crippen molar-refractivity contribution in [1.82, 2.24) is 0 Å². The lowest BCUT2D eigenvalue weighted by Crippen LogP contribution is -2.65. The van der Waals surface area contributed by atoms with Crippen molar-refractivity contribution in [3.63, 3.8) is 0 Å². The quantitative estimate of drug-likeness (QED) is 0.669. The molecule has 1 atom stereocenters. The van der Waals surface area contributed by atoms with Gasteiger partial charge in [-0.3, -0.25) is 0 Å². The molecule has 0 aromatic heterocycles. The Hall–Kier alpha value is -0.0800. The van der Waals surface area contributed by atoms with E-state index in [2.05, 4.69) is 27.7 Å². The van der Waals surface area contributed by atoms with Crippen LogP contribution in [-0.2, 0) is 0 Å². The Morgan fingerprint density at radius 3 is 1.38 bits per heavy atom. The molecule has 0 aromatic rings. The highest BCUT2D eigenvalue weighted by Crippen LogP contribution is 2.31. The number of hydrogen-bond donors (Lipinski definition) is 2. The van der Waals surface area contributed by atoms with Gasteiger partial charge in [-0.05, 0) is 25.7 Å². The van der Waals surface area contributed by atoms with Gasteiger partial charge in [0.15, 0.2) is 0 Å². The van der Waals surface area contributed by atoms with Crippen molar-refractivity contribution in [2.24, 2.45) is 11.5 Å². The van der Waals surface area contributed by atoms with Gasteiger partial charge in [-0.1, -0.05) is 34.1 Å². The summed E-state index contributed by atoms with van der Waals surface area (Å²) in [5.74, 6) is 0. The Labute approximate surface area is 83.1 Å². The number of nitrogens with two attached hydrogens (primary N) is 2. The van der Waals surface area contributed by atoms with Crippen LogP contribution in [0.2, 0.25) is 0 Å². The Morgan fingerprint density at radius 1 is 0.769 bits per heavy atom. The van der Waals surface area contributed by atoms with Crippen molar-refractivity contribution in [2.75, 3.05) is 0 Å². The molecule has 0 aliphatic rings. The van der Waals surface area contributed by atoms with Gasteiger partial charge in [-0.2, -0.15) is 0 Å². The van der Waals surface area contributed by atoms with Crippen LogP contribution in [0.25, 0.3) is 0 Å². The van der Waals surface area contributed by atoms with E-state index in [1.165, 1.54) is 0 Å². The average Bonchev–Trinajstić information content (AvgIpc) is 2.16. The molecule has 2 heteroatoms. The maximum absolute atomic E-state index is 6.38. The van der Waals surface area contributed by atoms with Crippen LogP contribution < -0.4 is 11.5 Å². The summed E-state index contributed by atoms with van der Waals surface area (Å²) in [6.07, 6.45) is 5.05. The van der Waals surface area contributed by atoms with E-state index in [-0.39, 0.29) is 11.1 Å². The van der Waals surface area contributed by atoms with Gasteiger partial charge in [-0.25, -0.2) is 0 Å². The monoisotopic (exact) mass is 186 g/mol. The molecule has 0 amide bonds. The van der Waals surface area contributed by atoms with Crippen LogP contribution in [0.1, 0.15) is 59.8 Å². The second-order valence-electron chi connectivity index (χ2n) is 4.12. The van der Waals surface area contributed by atoms with Gasteiger partial charge in [0.2, 0.25) is 0 Å². The van der Waals surface area contributed by atoms with Crippen LogP contribution in [0.15, 0.2) is 0 Å². The number of rotatable bonds is 6. The molecular weight excluding hydrogens is 160 g/mol. The molecule has 0 saturated heterocycles.